The molecular weight excluding hydrogens is 286 g/mol. The van der Waals surface area contributed by atoms with Crippen LogP contribution in [0.15, 0.2) is 42.5 Å². The Hall–Kier alpha value is -2.89. The van der Waals surface area contributed by atoms with Gasteiger partial charge in [-0.15, -0.1) is 0 Å². The van der Waals surface area contributed by atoms with E-state index in [1.807, 2.05) is 31.2 Å². The summed E-state index contributed by atoms with van der Waals surface area (Å²) in [6.07, 6.45) is 0.531. The molecule has 0 spiro atoms. The molecule has 0 heterocycles. The minimum Gasteiger partial charge on any atom is -0.490 e. The highest BCUT2D eigenvalue weighted by Gasteiger charge is 2.11. The second kappa shape index (κ2) is 7.21. The van der Waals surface area contributed by atoms with E-state index in [2.05, 4.69) is 0 Å². The molecule has 22 heavy (non-hydrogen) atoms. The maximum absolute atomic E-state index is 11.0. The zero-order valence-electron chi connectivity index (χ0n) is 12.0. The number of carbonyl (C=O) groups excluding carboxylic acids is 1. The van der Waals surface area contributed by atoms with Crippen LogP contribution in [0.3, 0.4) is 0 Å². The largest absolute Gasteiger partial charge is 0.490 e. The lowest BCUT2D eigenvalue weighted by Gasteiger charge is -2.10. The number of non-ortho nitro benzene ring substituents is 1. The molecule has 0 radical (unpaired) electrons. The van der Waals surface area contributed by atoms with Crippen LogP contribution in [0.4, 0.5) is 5.69 Å². The fraction of sp³-hybridized carbons (Fsp3) is 0.188. The second-order valence-electron chi connectivity index (χ2n) is 4.61. The molecule has 2 rings (SSSR count). The summed E-state index contributed by atoms with van der Waals surface area (Å²) in [6.45, 7) is 2.50. The van der Waals surface area contributed by atoms with Crippen LogP contribution < -0.4 is 9.47 Å². The lowest BCUT2D eigenvalue weighted by atomic mass is 10.2. The van der Waals surface area contributed by atoms with Gasteiger partial charge in [0.15, 0.2) is 6.29 Å². The van der Waals surface area contributed by atoms with E-state index in [4.69, 9.17) is 9.47 Å². The fourth-order valence-corrected chi connectivity index (χ4v) is 1.89. The number of hydrogen-bond acceptors (Lipinski definition) is 5. The predicted molar refractivity (Wildman–Crippen MR) is 80.7 cm³/mol. The number of rotatable bonds is 7. The molecule has 0 amide bonds. The first-order valence-electron chi connectivity index (χ1n) is 6.66. The summed E-state index contributed by atoms with van der Waals surface area (Å²) >= 11 is 0. The molecule has 0 unspecified atom stereocenters. The SMILES string of the molecule is Cc1cccc(OCCOc2ccc([N+](=O)[O-])cc2C=O)c1. The minimum absolute atomic E-state index is 0.143. The molecule has 0 aliphatic carbocycles. The quantitative estimate of drug-likeness (QED) is 0.340. The Morgan fingerprint density at radius 2 is 1.91 bits per heavy atom. The molecule has 0 N–H and O–H groups in total. The molecule has 114 valence electrons. The van der Waals surface area contributed by atoms with Crippen LogP contribution in [0.2, 0.25) is 0 Å². The first kappa shape index (κ1) is 15.5. The van der Waals surface area contributed by atoms with Crippen LogP contribution in [0.1, 0.15) is 15.9 Å². The van der Waals surface area contributed by atoms with E-state index in [0.29, 0.717) is 18.6 Å². The molecule has 6 nitrogen and oxygen atoms in total. The summed E-state index contributed by atoms with van der Waals surface area (Å²) in [7, 11) is 0. The Morgan fingerprint density at radius 1 is 1.14 bits per heavy atom. The van der Waals surface area contributed by atoms with Gasteiger partial charge < -0.3 is 9.47 Å². The number of benzene rings is 2. The number of nitro benzene ring substituents is 1. The third-order valence-electron chi connectivity index (χ3n) is 2.93. The maximum atomic E-state index is 11.0. The zero-order valence-corrected chi connectivity index (χ0v) is 12.0. The Kier molecular flexibility index (Phi) is 5.08. The van der Waals surface area contributed by atoms with E-state index >= 15 is 0 Å². The molecule has 0 aliphatic rings. The van der Waals surface area contributed by atoms with Crippen molar-refractivity contribution in [3.8, 4) is 11.5 Å². The average Bonchev–Trinajstić information content (AvgIpc) is 2.51. The number of aldehydes is 1. The maximum Gasteiger partial charge on any atom is 0.270 e. The number of nitro groups is 1. The van der Waals surface area contributed by atoms with Crippen LogP contribution in [-0.4, -0.2) is 24.4 Å². The van der Waals surface area contributed by atoms with Crippen molar-refractivity contribution in [3.63, 3.8) is 0 Å². The highest BCUT2D eigenvalue weighted by atomic mass is 16.6. The Labute approximate surface area is 127 Å². The van der Waals surface area contributed by atoms with Gasteiger partial charge in [-0.1, -0.05) is 12.1 Å². The van der Waals surface area contributed by atoms with Gasteiger partial charge in [0.05, 0.1) is 10.5 Å². The molecule has 0 fully saturated rings. The molecule has 0 aromatic heterocycles. The number of carbonyl (C=O) groups is 1. The summed E-state index contributed by atoms with van der Waals surface area (Å²) in [6, 6.07) is 11.5. The van der Waals surface area contributed by atoms with Gasteiger partial charge in [0.25, 0.3) is 5.69 Å². The highest BCUT2D eigenvalue weighted by Crippen LogP contribution is 2.22. The molecule has 2 aromatic rings. The van der Waals surface area contributed by atoms with Crippen molar-refractivity contribution in [2.75, 3.05) is 13.2 Å². The third-order valence-corrected chi connectivity index (χ3v) is 2.93. The van der Waals surface area contributed by atoms with E-state index in [0.717, 1.165) is 11.3 Å². The summed E-state index contributed by atoms with van der Waals surface area (Å²) < 4.78 is 11.0. The monoisotopic (exact) mass is 301 g/mol. The molecule has 0 saturated heterocycles. The average molecular weight is 301 g/mol. The predicted octanol–water partition coefficient (Wildman–Crippen LogP) is 3.17. The van der Waals surface area contributed by atoms with Crippen LogP contribution in [0.25, 0.3) is 0 Å². The number of hydrogen-bond donors (Lipinski definition) is 0. The number of aryl methyl sites for hydroxylation is 1. The first-order chi connectivity index (χ1) is 10.6. The summed E-state index contributed by atoms with van der Waals surface area (Å²) in [5.41, 5.74) is 1.09. The van der Waals surface area contributed by atoms with Crippen LogP contribution in [0, 0.1) is 17.0 Å². The van der Waals surface area contributed by atoms with E-state index in [1.165, 1.54) is 18.2 Å². The van der Waals surface area contributed by atoms with Crippen molar-refractivity contribution in [1.82, 2.24) is 0 Å². The van der Waals surface area contributed by atoms with Crippen LogP contribution >= 0.6 is 0 Å². The van der Waals surface area contributed by atoms with Crippen LogP contribution in [-0.2, 0) is 0 Å². The van der Waals surface area contributed by atoms with Crippen molar-refractivity contribution in [3.05, 3.63) is 63.7 Å². The van der Waals surface area contributed by atoms with E-state index < -0.39 is 4.92 Å². The molecule has 6 heteroatoms. The number of ether oxygens (including phenoxy) is 2. The van der Waals surface area contributed by atoms with Crippen LogP contribution in [0.5, 0.6) is 11.5 Å². The van der Waals surface area contributed by atoms with Gasteiger partial charge in [-0.05, 0) is 30.7 Å². The van der Waals surface area contributed by atoms with Gasteiger partial charge in [-0.25, -0.2) is 0 Å². The van der Waals surface area contributed by atoms with Crippen molar-refractivity contribution in [1.29, 1.82) is 0 Å². The normalized spacial score (nSPS) is 10.0. The molecule has 0 bridgehead atoms. The summed E-state index contributed by atoms with van der Waals surface area (Å²) in [4.78, 5) is 21.1. The molecule has 0 aliphatic heterocycles. The summed E-state index contributed by atoms with van der Waals surface area (Å²) in [5, 5.41) is 10.7. The Balaban J connectivity index is 1.91. The molecule has 0 atom stereocenters. The second-order valence-corrected chi connectivity index (χ2v) is 4.61. The first-order valence-corrected chi connectivity index (χ1v) is 6.66. The highest BCUT2D eigenvalue weighted by molar-refractivity contribution is 5.80. The van der Waals surface area contributed by atoms with Crippen molar-refractivity contribution in [2.24, 2.45) is 0 Å². The van der Waals surface area contributed by atoms with Gasteiger partial charge in [0, 0.05) is 12.1 Å². The fourth-order valence-electron chi connectivity index (χ4n) is 1.89. The van der Waals surface area contributed by atoms with E-state index in [1.54, 1.807) is 0 Å². The lowest BCUT2D eigenvalue weighted by Crippen LogP contribution is -2.10. The molecule has 2 aromatic carbocycles. The molecular formula is C16H15NO5. The Morgan fingerprint density at radius 3 is 2.59 bits per heavy atom. The topological polar surface area (TPSA) is 78.7 Å². The minimum atomic E-state index is -0.558. The smallest absolute Gasteiger partial charge is 0.270 e. The lowest BCUT2D eigenvalue weighted by molar-refractivity contribution is -0.384. The van der Waals surface area contributed by atoms with Crippen molar-refractivity contribution < 1.29 is 19.2 Å². The zero-order chi connectivity index (χ0) is 15.9. The van der Waals surface area contributed by atoms with E-state index in [9.17, 15) is 14.9 Å². The van der Waals surface area contributed by atoms with Gasteiger partial charge in [0.1, 0.15) is 24.7 Å². The van der Waals surface area contributed by atoms with Gasteiger partial charge in [-0.2, -0.15) is 0 Å². The van der Waals surface area contributed by atoms with E-state index in [-0.39, 0.29) is 17.9 Å². The Bertz CT molecular complexity index is 684. The van der Waals surface area contributed by atoms with Crippen molar-refractivity contribution in [2.45, 2.75) is 6.92 Å². The third kappa shape index (κ3) is 4.05. The van der Waals surface area contributed by atoms with Gasteiger partial charge >= 0.3 is 0 Å². The van der Waals surface area contributed by atoms with Gasteiger partial charge in [0.2, 0.25) is 0 Å². The number of nitrogens with zero attached hydrogens (tertiary/aromatic N) is 1. The van der Waals surface area contributed by atoms with Crippen molar-refractivity contribution >= 4 is 12.0 Å². The van der Waals surface area contributed by atoms with Gasteiger partial charge in [-0.3, -0.25) is 14.9 Å². The molecule has 0 saturated carbocycles. The standard InChI is InChI=1S/C16H15NO5/c1-12-3-2-4-15(9-12)21-7-8-22-16-6-5-14(17(19)20)10-13(16)11-18/h2-6,9-11H,7-8H2,1H3. The summed E-state index contributed by atoms with van der Waals surface area (Å²) in [5.74, 6) is 1.04.